The molecule has 9 rings (SSSR count). The van der Waals surface area contributed by atoms with Gasteiger partial charge in [-0.1, -0.05) is 91.0 Å². The number of rotatable bonds is 2. The highest BCUT2D eigenvalue weighted by Crippen LogP contribution is 2.37. The van der Waals surface area contributed by atoms with Gasteiger partial charge in [0.25, 0.3) is 0 Å². The Kier molecular flexibility index (Phi) is 5.26. The lowest BCUT2D eigenvalue weighted by atomic mass is 10.1. The van der Waals surface area contributed by atoms with Gasteiger partial charge in [-0.2, -0.15) is 0 Å². The van der Waals surface area contributed by atoms with E-state index in [-0.39, 0.29) is 0 Å². The molecule has 9 nitrogen and oxygen atoms in total. The van der Waals surface area contributed by atoms with Crippen LogP contribution in [0.4, 0.5) is 23.3 Å². The van der Waals surface area contributed by atoms with Gasteiger partial charge >= 0.3 is 0 Å². The molecule has 9 heteroatoms. The normalized spacial score (nSPS) is 12.9. The first-order valence-corrected chi connectivity index (χ1v) is 14.6. The van der Waals surface area contributed by atoms with Crippen molar-refractivity contribution in [2.45, 2.75) is 6.54 Å². The van der Waals surface area contributed by atoms with Gasteiger partial charge in [0.1, 0.15) is 45.2 Å². The van der Waals surface area contributed by atoms with E-state index in [0.29, 0.717) is 0 Å². The molecule has 8 aromatic rings. The summed E-state index contributed by atoms with van der Waals surface area (Å²) in [6, 6.07) is 30.9. The van der Waals surface area contributed by atoms with Gasteiger partial charge in [-0.25, -0.2) is 20.0 Å². The maximum absolute atomic E-state index is 5.23. The second-order valence-electron chi connectivity index (χ2n) is 11.5. The Morgan fingerprint density at radius 2 is 0.818 bits per heavy atom. The van der Waals surface area contributed by atoms with Gasteiger partial charge < -0.3 is 24.8 Å². The van der Waals surface area contributed by atoms with Crippen LogP contribution in [-0.2, 0) is 6.54 Å². The Balaban J connectivity index is 1.49. The molecule has 1 aliphatic rings. The highest BCUT2D eigenvalue weighted by atomic mass is 15.1. The van der Waals surface area contributed by atoms with E-state index >= 15 is 0 Å². The molecule has 0 fully saturated rings. The smallest absolute Gasteiger partial charge is 0.142 e. The molecule has 4 aromatic carbocycles. The van der Waals surface area contributed by atoms with Gasteiger partial charge in [-0.05, 0) is 19.7 Å². The molecular weight excluding hydrogens is 546 g/mol. The van der Waals surface area contributed by atoms with Gasteiger partial charge in [0.15, 0.2) is 0 Å². The van der Waals surface area contributed by atoms with E-state index in [0.717, 1.165) is 94.9 Å². The number of fused-ring (bicyclic) bond motifs is 20. The zero-order valence-corrected chi connectivity index (χ0v) is 24.1. The molecule has 0 amide bonds. The van der Waals surface area contributed by atoms with Crippen LogP contribution >= 0.6 is 0 Å². The van der Waals surface area contributed by atoms with E-state index < -0.39 is 0 Å². The highest BCUT2D eigenvalue weighted by Gasteiger charge is 2.17. The lowest BCUT2D eigenvalue weighted by Gasteiger charge is -2.11. The predicted molar refractivity (Wildman–Crippen MR) is 174 cm³/mol. The highest BCUT2D eigenvalue weighted by molar-refractivity contribution is 6.02. The number of benzene rings is 4. The van der Waals surface area contributed by atoms with Gasteiger partial charge in [-0.15, -0.1) is 0 Å². The zero-order chi connectivity index (χ0) is 29.4. The Morgan fingerprint density at radius 1 is 0.432 bits per heavy atom. The standard InChI is InChI=1S/C35H27N9/c1-44(2)18-19-10-9-17-26-27(19)35-42-33-25-16-8-7-15-24(25)31(40-33)38-29-21-12-4-3-11-20(21)28(36-29)37-30-22-13-5-6-14-23(22)32(39-30)41-34(26)43-35/h3-17H,18H2,1-2H3,(H4,36,37,38,39,40,41,42,43). The quantitative estimate of drug-likeness (QED) is 0.206. The van der Waals surface area contributed by atoms with E-state index in [2.05, 4.69) is 93.5 Å². The molecule has 212 valence electrons. The SMILES string of the molecule is CN(C)Cc1cccc2c3[nH]c(c12)N=c1[nH]c(c2ccccc12)=Nc1[nH]c(c2ccccc12)N=c1[nH]c(c2ccccc12)=N3. The molecule has 0 saturated carbocycles. The molecule has 0 radical (unpaired) electrons. The Hall–Kier alpha value is -5.80. The van der Waals surface area contributed by atoms with Crippen molar-refractivity contribution >= 4 is 66.4 Å². The lowest BCUT2D eigenvalue weighted by Crippen LogP contribution is -2.11. The first-order valence-electron chi connectivity index (χ1n) is 14.6. The maximum Gasteiger partial charge on any atom is 0.142 e. The van der Waals surface area contributed by atoms with Gasteiger partial charge in [-0.3, -0.25) is 0 Å². The predicted octanol–water partition coefficient (Wildman–Crippen LogP) is 5.79. The first-order chi connectivity index (χ1) is 21.6. The first kappa shape index (κ1) is 24.8. The third-order valence-electron chi connectivity index (χ3n) is 8.28. The molecule has 5 heterocycles. The molecule has 0 unspecified atom stereocenters. The average Bonchev–Trinajstić information content (AvgIpc) is 3.77. The van der Waals surface area contributed by atoms with Crippen LogP contribution < -0.4 is 22.0 Å². The Bertz CT molecular complexity index is 2680. The minimum absolute atomic E-state index is 0.728. The molecule has 44 heavy (non-hydrogen) atoms. The van der Waals surface area contributed by atoms with Crippen molar-refractivity contribution in [3.05, 3.63) is 119 Å². The molecule has 0 spiro atoms. The van der Waals surface area contributed by atoms with Crippen molar-refractivity contribution < 1.29 is 0 Å². The summed E-state index contributed by atoms with van der Waals surface area (Å²) in [4.78, 5) is 37.0. The Labute approximate surface area is 250 Å². The fourth-order valence-electron chi connectivity index (χ4n) is 6.37. The van der Waals surface area contributed by atoms with E-state index in [1.807, 2.05) is 36.4 Å². The van der Waals surface area contributed by atoms with Gasteiger partial charge in [0.05, 0.1) is 0 Å². The molecule has 0 saturated heterocycles. The summed E-state index contributed by atoms with van der Waals surface area (Å²) in [5.41, 5.74) is 4.08. The molecule has 4 aromatic heterocycles. The molecule has 0 atom stereocenters. The van der Waals surface area contributed by atoms with E-state index in [9.17, 15) is 0 Å². The minimum atomic E-state index is 0.728. The number of hydrogen-bond donors (Lipinski definition) is 4. The number of aromatic amines is 4. The Morgan fingerprint density at radius 3 is 1.30 bits per heavy atom. The summed E-state index contributed by atoms with van der Waals surface area (Å²) in [6.07, 6.45) is 0. The average molecular weight is 574 g/mol. The van der Waals surface area contributed by atoms with Crippen LogP contribution in [0.25, 0.3) is 43.1 Å². The van der Waals surface area contributed by atoms with Crippen molar-refractivity contribution in [2.75, 3.05) is 14.1 Å². The van der Waals surface area contributed by atoms with Crippen LogP contribution in [0.2, 0.25) is 0 Å². The maximum atomic E-state index is 5.23. The monoisotopic (exact) mass is 573 g/mol. The number of aromatic nitrogens is 4. The second-order valence-corrected chi connectivity index (χ2v) is 11.5. The summed E-state index contributed by atoms with van der Waals surface area (Å²) in [5.74, 6) is 2.94. The molecule has 4 N–H and O–H groups in total. The number of nitrogens with zero attached hydrogens (tertiary/aromatic N) is 5. The van der Waals surface area contributed by atoms with Crippen molar-refractivity contribution in [3.8, 4) is 0 Å². The van der Waals surface area contributed by atoms with Gasteiger partial charge in [0, 0.05) is 49.6 Å². The topological polar surface area (TPSA) is 116 Å². The van der Waals surface area contributed by atoms with Crippen LogP contribution in [-0.4, -0.2) is 38.9 Å². The summed E-state index contributed by atoms with van der Waals surface area (Å²) in [5, 5.41) is 7.97. The third kappa shape index (κ3) is 3.76. The van der Waals surface area contributed by atoms with Crippen LogP contribution in [0.3, 0.4) is 0 Å². The summed E-state index contributed by atoms with van der Waals surface area (Å²) < 4.78 is 0. The summed E-state index contributed by atoms with van der Waals surface area (Å²) >= 11 is 0. The van der Waals surface area contributed by atoms with Gasteiger partial charge in [0.2, 0.25) is 0 Å². The lowest BCUT2D eigenvalue weighted by molar-refractivity contribution is 0.404. The zero-order valence-electron chi connectivity index (χ0n) is 24.1. The third-order valence-corrected chi connectivity index (χ3v) is 8.28. The van der Waals surface area contributed by atoms with Crippen molar-refractivity contribution in [1.82, 2.24) is 24.8 Å². The molecule has 8 bridgehead atoms. The second kappa shape index (κ2) is 9.35. The molecule has 1 aliphatic heterocycles. The number of hydrogen-bond acceptors (Lipinski definition) is 5. The van der Waals surface area contributed by atoms with Crippen LogP contribution in [0.5, 0.6) is 0 Å². The van der Waals surface area contributed by atoms with E-state index in [1.54, 1.807) is 0 Å². The fourth-order valence-corrected chi connectivity index (χ4v) is 6.37. The largest absolute Gasteiger partial charge is 0.324 e. The van der Waals surface area contributed by atoms with Crippen molar-refractivity contribution in [2.24, 2.45) is 20.0 Å². The van der Waals surface area contributed by atoms with Crippen molar-refractivity contribution in [1.29, 1.82) is 0 Å². The van der Waals surface area contributed by atoms with Crippen molar-refractivity contribution in [3.63, 3.8) is 0 Å². The van der Waals surface area contributed by atoms with Crippen LogP contribution in [0, 0.1) is 0 Å². The van der Waals surface area contributed by atoms with E-state index in [4.69, 9.17) is 20.0 Å². The fraction of sp³-hybridized carbons (Fsp3) is 0.0857. The number of H-pyrrole nitrogens is 4. The summed E-state index contributed by atoms with van der Waals surface area (Å²) in [7, 11) is 4.15. The van der Waals surface area contributed by atoms with E-state index in [1.165, 1.54) is 5.56 Å². The van der Waals surface area contributed by atoms with Crippen LogP contribution in [0.15, 0.2) is 111 Å². The number of nitrogens with one attached hydrogen (secondary N) is 4. The molecular formula is C35H27N9. The van der Waals surface area contributed by atoms with Crippen LogP contribution in [0.1, 0.15) is 5.56 Å². The summed E-state index contributed by atoms with van der Waals surface area (Å²) in [6.45, 7) is 0.764. The minimum Gasteiger partial charge on any atom is -0.324 e. The molecule has 0 aliphatic carbocycles.